The van der Waals surface area contributed by atoms with E-state index in [0.29, 0.717) is 30.1 Å². The number of ether oxygens (including phenoxy) is 2. The summed E-state index contributed by atoms with van der Waals surface area (Å²) in [5.41, 5.74) is 0.664. The van der Waals surface area contributed by atoms with E-state index >= 15 is 0 Å². The number of aromatic nitrogens is 1. The maximum absolute atomic E-state index is 11.9. The highest BCUT2D eigenvalue weighted by Gasteiger charge is 2.20. The standard InChI is InChI=1S/C24H29N3O3S/c1-3-20(28)18-9-10-21(22(17-18)29-2)30-16-6-11-26-12-14-27(15-13-26)24-19-7-4-5-8-23(19)31-25-24/h4-5,7-10,17H,3,6,11-16H2,1-2H3. The molecule has 0 unspecified atom stereocenters. The summed E-state index contributed by atoms with van der Waals surface area (Å²) in [6.45, 7) is 7.53. The molecule has 3 aromatic rings. The van der Waals surface area contributed by atoms with Crippen molar-refractivity contribution >= 4 is 33.2 Å². The number of fused-ring (bicyclic) bond motifs is 1. The highest BCUT2D eigenvalue weighted by molar-refractivity contribution is 7.13. The zero-order chi connectivity index (χ0) is 21.6. The van der Waals surface area contributed by atoms with E-state index in [2.05, 4.69) is 38.4 Å². The fraction of sp³-hybridized carbons (Fsp3) is 0.417. The molecule has 0 saturated carbocycles. The van der Waals surface area contributed by atoms with Gasteiger partial charge in [0.15, 0.2) is 17.3 Å². The van der Waals surface area contributed by atoms with Crippen LogP contribution in [0.3, 0.4) is 0 Å². The van der Waals surface area contributed by atoms with Gasteiger partial charge in [0.1, 0.15) is 5.82 Å². The molecule has 6 nitrogen and oxygen atoms in total. The van der Waals surface area contributed by atoms with Gasteiger partial charge in [0.05, 0.1) is 18.4 Å². The Kier molecular flexibility index (Phi) is 7.04. The van der Waals surface area contributed by atoms with Crippen molar-refractivity contribution in [3.63, 3.8) is 0 Å². The SMILES string of the molecule is CCC(=O)c1ccc(OCCCN2CCN(c3nsc4ccccc34)CC2)c(OC)c1. The summed E-state index contributed by atoms with van der Waals surface area (Å²) < 4.78 is 17.3. The maximum Gasteiger partial charge on any atom is 0.162 e. The predicted molar refractivity (Wildman–Crippen MR) is 126 cm³/mol. The molecular formula is C24H29N3O3S. The normalized spacial score (nSPS) is 14.7. The largest absolute Gasteiger partial charge is 0.493 e. The Morgan fingerprint density at radius 3 is 2.68 bits per heavy atom. The van der Waals surface area contributed by atoms with Gasteiger partial charge >= 0.3 is 0 Å². The van der Waals surface area contributed by atoms with Crippen molar-refractivity contribution in [2.75, 3.05) is 51.3 Å². The number of hydrogen-bond donors (Lipinski definition) is 0. The molecular weight excluding hydrogens is 410 g/mol. The highest BCUT2D eigenvalue weighted by atomic mass is 32.1. The van der Waals surface area contributed by atoms with Crippen LogP contribution in [0.25, 0.3) is 10.1 Å². The van der Waals surface area contributed by atoms with E-state index in [4.69, 9.17) is 9.47 Å². The second-order valence-corrected chi connectivity index (χ2v) is 8.48. The Hall–Kier alpha value is -2.64. The lowest BCUT2D eigenvalue weighted by Crippen LogP contribution is -2.47. The first kappa shape index (κ1) is 21.6. The van der Waals surface area contributed by atoms with Crippen LogP contribution in [0.15, 0.2) is 42.5 Å². The molecule has 0 N–H and O–H groups in total. The summed E-state index contributed by atoms with van der Waals surface area (Å²) in [4.78, 5) is 16.8. The molecule has 0 amide bonds. The molecule has 164 valence electrons. The topological polar surface area (TPSA) is 54.9 Å². The van der Waals surface area contributed by atoms with Crippen molar-refractivity contribution in [2.24, 2.45) is 0 Å². The number of rotatable bonds is 9. The molecule has 1 saturated heterocycles. The van der Waals surface area contributed by atoms with Crippen LogP contribution in [0, 0.1) is 0 Å². The van der Waals surface area contributed by atoms with Gasteiger partial charge in [-0.1, -0.05) is 19.1 Å². The number of methoxy groups -OCH3 is 1. The number of nitrogens with zero attached hydrogens (tertiary/aromatic N) is 3. The molecule has 2 aromatic carbocycles. The zero-order valence-corrected chi connectivity index (χ0v) is 19.0. The average Bonchev–Trinajstić information content (AvgIpc) is 3.26. The molecule has 7 heteroatoms. The summed E-state index contributed by atoms with van der Waals surface area (Å²) in [5, 5.41) is 1.26. The molecule has 31 heavy (non-hydrogen) atoms. The number of ketones is 1. The summed E-state index contributed by atoms with van der Waals surface area (Å²) >= 11 is 1.58. The number of carbonyl (C=O) groups excluding carboxylic acids is 1. The number of carbonyl (C=O) groups is 1. The van der Waals surface area contributed by atoms with E-state index in [1.165, 1.54) is 10.1 Å². The second-order valence-electron chi connectivity index (χ2n) is 7.68. The van der Waals surface area contributed by atoms with Gasteiger partial charge in [-0.25, -0.2) is 0 Å². The molecule has 2 heterocycles. The third-order valence-corrected chi connectivity index (χ3v) is 6.53. The summed E-state index contributed by atoms with van der Waals surface area (Å²) in [5.74, 6) is 2.54. The van der Waals surface area contributed by atoms with Gasteiger partial charge in [-0.15, -0.1) is 0 Å². The van der Waals surface area contributed by atoms with E-state index < -0.39 is 0 Å². The van der Waals surface area contributed by atoms with Crippen LogP contribution in [-0.4, -0.2) is 61.5 Å². The minimum Gasteiger partial charge on any atom is -0.493 e. The summed E-state index contributed by atoms with van der Waals surface area (Å²) in [7, 11) is 1.60. The first-order chi connectivity index (χ1) is 15.2. The third-order valence-electron chi connectivity index (χ3n) is 5.71. The fourth-order valence-electron chi connectivity index (χ4n) is 3.92. The zero-order valence-electron chi connectivity index (χ0n) is 18.2. The number of hydrogen-bond acceptors (Lipinski definition) is 7. The number of benzene rings is 2. The van der Waals surface area contributed by atoms with Crippen molar-refractivity contribution < 1.29 is 14.3 Å². The van der Waals surface area contributed by atoms with E-state index in [9.17, 15) is 4.79 Å². The maximum atomic E-state index is 11.9. The van der Waals surface area contributed by atoms with Gasteiger partial charge < -0.3 is 14.4 Å². The van der Waals surface area contributed by atoms with Gasteiger partial charge in [0.25, 0.3) is 0 Å². The van der Waals surface area contributed by atoms with Crippen LogP contribution in [0.5, 0.6) is 11.5 Å². The molecule has 4 rings (SSSR count). The Labute approximate surface area is 187 Å². The second kappa shape index (κ2) is 10.1. The van der Waals surface area contributed by atoms with Crippen LogP contribution in [0.4, 0.5) is 5.82 Å². The highest BCUT2D eigenvalue weighted by Crippen LogP contribution is 2.30. The van der Waals surface area contributed by atoms with Gasteiger partial charge in [-0.2, -0.15) is 4.37 Å². The first-order valence-corrected chi connectivity index (χ1v) is 11.6. The first-order valence-electron chi connectivity index (χ1n) is 10.9. The number of anilines is 1. The van der Waals surface area contributed by atoms with Crippen LogP contribution in [0.1, 0.15) is 30.1 Å². The van der Waals surface area contributed by atoms with Gasteiger partial charge in [0.2, 0.25) is 0 Å². The van der Waals surface area contributed by atoms with Gasteiger partial charge in [0, 0.05) is 50.1 Å². The van der Waals surface area contributed by atoms with E-state index in [1.807, 2.05) is 19.1 Å². The van der Waals surface area contributed by atoms with Crippen molar-refractivity contribution in [2.45, 2.75) is 19.8 Å². The molecule has 0 spiro atoms. The molecule has 0 radical (unpaired) electrons. The Morgan fingerprint density at radius 1 is 1.10 bits per heavy atom. The quantitative estimate of drug-likeness (QED) is 0.362. The lowest BCUT2D eigenvalue weighted by Gasteiger charge is -2.35. The molecule has 1 aliphatic heterocycles. The molecule has 1 aliphatic rings. The van der Waals surface area contributed by atoms with Crippen LogP contribution < -0.4 is 14.4 Å². The number of Topliss-reactive ketones (excluding diaryl/α,β-unsaturated/α-hetero) is 1. The molecule has 0 atom stereocenters. The minimum atomic E-state index is 0.106. The van der Waals surface area contributed by atoms with Crippen molar-refractivity contribution in [1.29, 1.82) is 0 Å². The minimum absolute atomic E-state index is 0.106. The van der Waals surface area contributed by atoms with Crippen molar-refractivity contribution in [3.05, 3.63) is 48.0 Å². The molecule has 1 aromatic heterocycles. The summed E-state index contributed by atoms with van der Waals surface area (Å²) in [6, 6.07) is 13.9. The van der Waals surface area contributed by atoms with Crippen LogP contribution in [-0.2, 0) is 0 Å². The van der Waals surface area contributed by atoms with Gasteiger partial charge in [-0.3, -0.25) is 9.69 Å². The summed E-state index contributed by atoms with van der Waals surface area (Å²) in [6.07, 6.45) is 1.42. The van der Waals surface area contributed by atoms with Crippen LogP contribution in [0.2, 0.25) is 0 Å². The van der Waals surface area contributed by atoms with E-state index in [-0.39, 0.29) is 5.78 Å². The Bertz CT molecular complexity index is 1030. The number of piperazine rings is 1. The monoisotopic (exact) mass is 439 g/mol. The molecule has 1 fully saturated rings. The fourth-order valence-corrected chi connectivity index (χ4v) is 4.71. The van der Waals surface area contributed by atoms with E-state index in [0.717, 1.165) is 45.0 Å². The van der Waals surface area contributed by atoms with Gasteiger partial charge in [-0.05, 0) is 48.3 Å². The predicted octanol–water partition coefficient (Wildman–Crippen LogP) is 4.49. The van der Waals surface area contributed by atoms with Crippen LogP contribution >= 0.6 is 11.5 Å². The molecule has 0 bridgehead atoms. The lowest BCUT2D eigenvalue weighted by molar-refractivity contribution is 0.0987. The third kappa shape index (κ3) is 4.99. The molecule has 0 aliphatic carbocycles. The Balaban J connectivity index is 1.23. The average molecular weight is 440 g/mol. The Morgan fingerprint density at radius 2 is 1.90 bits per heavy atom. The lowest BCUT2D eigenvalue weighted by atomic mass is 10.1. The van der Waals surface area contributed by atoms with Crippen molar-refractivity contribution in [1.82, 2.24) is 9.27 Å². The smallest absolute Gasteiger partial charge is 0.162 e. The van der Waals surface area contributed by atoms with Crippen molar-refractivity contribution in [3.8, 4) is 11.5 Å². The van der Waals surface area contributed by atoms with E-state index in [1.54, 1.807) is 24.7 Å².